The highest BCUT2D eigenvalue weighted by molar-refractivity contribution is 7.86. The van der Waals surface area contributed by atoms with E-state index in [1.165, 1.54) is 6.92 Å². The van der Waals surface area contributed by atoms with Crippen LogP contribution >= 0.6 is 0 Å². The Morgan fingerprint density at radius 2 is 2.00 bits per heavy atom. The fourth-order valence-corrected chi connectivity index (χ4v) is 0.771. The Morgan fingerprint density at radius 3 is 2.00 bits per heavy atom. The SMILES string of the molecule is CC(=O)N=S(C)C. The van der Waals surface area contributed by atoms with Crippen LogP contribution in [0.4, 0.5) is 0 Å². The smallest absolute Gasteiger partial charge is 0.248 e. The van der Waals surface area contributed by atoms with Crippen LogP contribution in [0.3, 0.4) is 0 Å². The van der Waals surface area contributed by atoms with Gasteiger partial charge in [0.15, 0.2) is 0 Å². The molecule has 7 heavy (non-hydrogen) atoms. The molecule has 3 heteroatoms. The van der Waals surface area contributed by atoms with Crippen LogP contribution in [0, 0.1) is 0 Å². The standard InChI is InChI=1S/C4H9NOS/c1-4(6)5-7(2)3/h1-3H3. The van der Waals surface area contributed by atoms with Gasteiger partial charge in [0.25, 0.3) is 0 Å². The Kier molecular flexibility index (Phi) is 2.83. The predicted octanol–water partition coefficient (Wildman–Crippen LogP) is 0.594. The van der Waals surface area contributed by atoms with Gasteiger partial charge < -0.3 is 0 Å². The predicted molar refractivity (Wildman–Crippen MR) is 32.3 cm³/mol. The van der Waals surface area contributed by atoms with Crippen molar-refractivity contribution in [2.24, 2.45) is 4.36 Å². The van der Waals surface area contributed by atoms with Gasteiger partial charge in [-0.25, -0.2) is 0 Å². The lowest BCUT2D eigenvalue weighted by atomic mass is 10.8. The molecule has 0 radical (unpaired) electrons. The third kappa shape index (κ3) is 5.82. The first-order chi connectivity index (χ1) is 3.13. The first kappa shape index (κ1) is 6.82. The van der Waals surface area contributed by atoms with Crippen LogP contribution in [0.25, 0.3) is 0 Å². The van der Waals surface area contributed by atoms with Gasteiger partial charge in [-0.2, -0.15) is 4.36 Å². The molecule has 0 saturated carbocycles. The van der Waals surface area contributed by atoms with E-state index in [4.69, 9.17) is 0 Å². The average Bonchev–Trinajstić information content (AvgIpc) is 1.27. The molecule has 0 aliphatic heterocycles. The number of carbonyl (C=O) groups is 1. The lowest BCUT2D eigenvalue weighted by Crippen LogP contribution is -1.86. The molecule has 42 valence electrons. The third-order valence-corrected chi connectivity index (χ3v) is 0.933. The van der Waals surface area contributed by atoms with Gasteiger partial charge in [0, 0.05) is 6.92 Å². The minimum absolute atomic E-state index is 0.0702. The molecule has 0 spiro atoms. The largest absolute Gasteiger partial charge is 0.272 e. The van der Waals surface area contributed by atoms with Gasteiger partial charge >= 0.3 is 0 Å². The average molecular weight is 119 g/mol. The Balaban J connectivity index is 3.68. The molecule has 0 saturated heterocycles. The highest BCUT2D eigenvalue weighted by atomic mass is 32.2. The topological polar surface area (TPSA) is 29.4 Å². The van der Waals surface area contributed by atoms with Crippen LogP contribution in [0.15, 0.2) is 4.36 Å². The second-order valence-corrected chi connectivity index (χ2v) is 3.11. The van der Waals surface area contributed by atoms with Crippen molar-refractivity contribution >= 4 is 16.6 Å². The first-order valence-electron chi connectivity index (χ1n) is 1.93. The second-order valence-electron chi connectivity index (χ2n) is 1.38. The molecule has 0 N–H and O–H groups in total. The molecular formula is C4H9NOS. The highest BCUT2D eigenvalue weighted by Gasteiger charge is 1.80. The van der Waals surface area contributed by atoms with Crippen molar-refractivity contribution in [1.29, 1.82) is 0 Å². The van der Waals surface area contributed by atoms with Crippen LogP contribution < -0.4 is 0 Å². The first-order valence-corrected chi connectivity index (χ1v) is 3.92. The van der Waals surface area contributed by atoms with Gasteiger partial charge in [0.2, 0.25) is 5.91 Å². The van der Waals surface area contributed by atoms with Crippen LogP contribution in [0.2, 0.25) is 0 Å². The zero-order valence-electron chi connectivity index (χ0n) is 4.76. The van der Waals surface area contributed by atoms with E-state index in [1.54, 1.807) is 0 Å². The van der Waals surface area contributed by atoms with Crippen molar-refractivity contribution < 1.29 is 4.79 Å². The maximum atomic E-state index is 10.1. The molecule has 0 aromatic rings. The van der Waals surface area contributed by atoms with Crippen molar-refractivity contribution in [1.82, 2.24) is 0 Å². The van der Waals surface area contributed by atoms with Gasteiger partial charge in [0.05, 0.1) is 0 Å². The molecule has 0 aliphatic carbocycles. The lowest BCUT2D eigenvalue weighted by molar-refractivity contribution is -0.115. The highest BCUT2D eigenvalue weighted by Crippen LogP contribution is 1.75. The fraction of sp³-hybridized carbons (Fsp3) is 0.750. The summed E-state index contributed by atoms with van der Waals surface area (Å²) in [6.45, 7) is 1.47. The Bertz CT molecular complexity index is 104. The summed E-state index contributed by atoms with van der Waals surface area (Å²) in [5.41, 5.74) is 0. The molecule has 2 nitrogen and oxygen atoms in total. The zero-order valence-corrected chi connectivity index (χ0v) is 5.58. The van der Waals surface area contributed by atoms with E-state index in [1.807, 2.05) is 12.5 Å². The van der Waals surface area contributed by atoms with E-state index in [0.29, 0.717) is 0 Å². The Hall–Kier alpha value is -0.180. The van der Waals surface area contributed by atoms with Crippen molar-refractivity contribution in [3.63, 3.8) is 0 Å². The van der Waals surface area contributed by atoms with Crippen molar-refractivity contribution in [3.8, 4) is 0 Å². The summed E-state index contributed by atoms with van der Waals surface area (Å²) in [5.74, 6) is -0.0756. The molecule has 0 aliphatic rings. The maximum absolute atomic E-state index is 10.1. The zero-order chi connectivity index (χ0) is 5.86. The Morgan fingerprint density at radius 1 is 1.57 bits per heavy atom. The second kappa shape index (κ2) is 2.91. The number of hydrogen-bond acceptors (Lipinski definition) is 1. The van der Waals surface area contributed by atoms with Crippen LogP contribution in [0.1, 0.15) is 6.92 Å². The van der Waals surface area contributed by atoms with Gasteiger partial charge in [-0.1, -0.05) is 10.7 Å². The van der Waals surface area contributed by atoms with E-state index in [9.17, 15) is 4.79 Å². The monoisotopic (exact) mass is 119 g/mol. The summed E-state index contributed by atoms with van der Waals surface area (Å²) in [6.07, 6.45) is 3.81. The van der Waals surface area contributed by atoms with E-state index in [0.717, 1.165) is 0 Å². The van der Waals surface area contributed by atoms with Crippen molar-refractivity contribution in [3.05, 3.63) is 0 Å². The van der Waals surface area contributed by atoms with E-state index < -0.39 is 0 Å². The molecule has 1 amide bonds. The molecule has 0 bridgehead atoms. The van der Waals surface area contributed by atoms with Gasteiger partial charge in [-0.15, -0.1) is 0 Å². The van der Waals surface area contributed by atoms with Gasteiger partial charge in [0.1, 0.15) is 0 Å². The Labute approximate surface area is 46.0 Å². The number of nitrogens with zero attached hydrogens (tertiary/aromatic N) is 1. The number of hydrogen-bond donors (Lipinski definition) is 0. The van der Waals surface area contributed by atoms with E-state index in [2.05, 4.69) is 4.36 Å². The summed E-state index contributed by atoms with van der Waals surface area (Å²) in [7, 11) is -0.0702. The number of rotatable bonds is 0. The lowest BCUT2D eigenvalue weighted by Gasteiger charge is -1.82. The maximum Gasteiger partial charge on any atom is 0.248 e. The normalized spacial score (nSPS) is 9.14. The molecule has 0 heterocycles. The van der Waals surface area contributed by atoms with Crippen molar-refractivity contribution in [2.45, 2.75) is 6.92 Å². The summed E-state index contributed by atoms with van der Waals surface area (Å²) in [4.78, 5) is 10.1. The van der Waals surface area contributed by atoms with Crippen molar-refractivity contribution in [2.75, 3.05) is 12.5 Å². The molecule has 0 atom stereocenters. The minimum atomic E-state index is -0.0756. The summed E-state index contributed by atoms with van der Waals surface area (Å²) in [6, 6.07) is 0. The van der Waals surface area contributed by atoms with Crippen LogP contribution in [-0.4, -0.2) is 18.4 Å². The van der Waals surface area contributed by atoms with Crippen LogP contribution in [-0.2, 0) is 15.5 Å². The quantitative estimate of drug-likeness (QED) is 0.459. The van der Waals surface area contributed by atoms with Crippen LogP contribution in [0.5, 0.6) is 0 Å². The van der Waals surface area contributed by atoms with Gasteiger partial charge in [-0.05, 0) is 12.5 Å². The summed E-state index contributed by atoms with van der Waals surface area (Å²) in [5, 5.41) is 0. The molecule has 0 unspecified atom stereocenters. The molecule has 0 fully saturated rings. The molecule has 0 rings (SSSR count). The third-order valence-electron chi connectivity index (χ3n) is 0.311. The number of carbonyl (C=O) groups excluding carboxylic acids is 1. The molecular weight excluding hydrogens is 110 g/mol. The fourth-order valence-electron chi connectivity index (χ4n) is 0.257. The number of amides is 1. The minimum Gasteiger partial charge on any atom is -0.272 e. The summed E-state index contributed by atoms with van der Waals surface area (Å²) >= 11 is 0. The summed E-state index contributed by atoms with van der Waals surface area (Å²) < 4.78 is 3.67. The van der Waals surface area contributed by atoms with Gasteiger partial charge in [-0.3, -0.25) is 4.79 Å². The molecule has 0 aromatic heterocycles. The van der Waals surface area contributed by atoms with E-state index >= 15 is 0 Å². The van der Waals surface area contributed by atoms with E-state index in [-0.39, 0.29) is 16.6 Å². The molecule has 0 aromatic carbocycles.